The van der Waals surface area contributed by atoms with Crippen LogP contribution < -0.4 is 15.5 Å². The highest BCUT2D eigenvalue weighted by Gasteiger charge is 2.33. The highest BCUT2D eigenvalue weighted by Crippen LogP contribution is 2.31. The summed E-state index contributed by atoms with van der Waals surface area (Å²) in [6, 6.07) is 5.80. The van der Waals surface area contributed by atoms with Crippen molar-refractivity contribution in [3.8, 4) is 6.07 Å². The molecular weight excluding hydrogens is 498 g/mol. The molecule has 2 aliphatic heterocycles. The summed E-state index contributed by atoms with van der Waals surface area (Å²) < 4.78 is 11.0. The van der Waals surface area contributed by atoms with Crippen LogP contribution in [0.4, 0.5) is 22.1 Å². The normalized spacial score (nSPS) is 24.4. The first-order valence-electron chi connectivity index (χ1n) is 13.5. The first-order valence-corrected chi connectivity index (χ1v) is 13.5. The van der Waals surface area contributed by atoms with Crippen LogP contribution in [-0.4, -0.2) is 78.8 Å². The van der Waals surface area contributed by atoms with Gasteiger partial charge in [-0.2, -0.15) is 5.26 Å². The molecule has 4 heterocycles. The summed E-state index contributed by atoms with van der Waals surface area (Å²) in [5.74, 6) is 0.822. The van der Waals surface area contributed by atoms with Crippen molar-refractivity contribution in [2.75, 3.05) is 42.8 Å². The number of fused-ring (bicyclic) bond motifs is 1. The van der Waals surface area contributed by atoms with Crippen LogP contribution in [0.5, 0.6) is 0 Å². The Bertz CT molecular complexity index is 1280. The number of aryl methyl sites for hydroxylation is 1. The van der Waals surface area contributed by atoms with Gasteiger partial charge in [0.05, 0.1) is 29.5 Å². The fourth-order valence-electron chi connectivity index (χ4n) is 5.74. The van der Waals surface area contributed by atoms with Gasteiger partial charge in [-0.15, -0.1) is 0 Å². The van der Waals surface area contributed by atoms with E-state index in [2.05, 4.69) is 38.5 Å². The summed E-state index contributed by atoms with van der Waals surface area (Å²) in [7, 11) is 3.41. The van der Waals surface area contributed by atoms with Gasteiger partial charge in [0.25, 0.3) is 0 Å². The van der Waals surface area contributed by atoms with Crippen LogP contribution in [0.2, 0.25) is 0 Å². The van der Waals surface area contributed by atoms with Crippen LogP contribution in [0, 0.1) is 11.3 Å². The SMILES string of the molecule is COC1CCN(Cc2cc3c(nc2C=O)N(C(=O)Nc2cc(N[C@H]4CC[C@H]4OC)c(C#N)cn2)CCC3)C1C. The maximum absolute atomic E-state index is 13.4. The van der Waals surface area contributed by atoms with Crippen molar-refractivity contribution in [3.05, 3.63) is 40.7 Å². The summed E-state index contributed by atoms with van der Waals surface area (Å²) in [6.07, 6.45) is 6.89. The predicted molar refractivity (Wildman–Crippen MR) is 146 cm³/mol. The summed E-state index contributed by atoms with van der Waals surface area (Å²) in [5, 5.41) is 15.7. The van der Waals surface area contributed by atoms with Gasteiger partial charge in [-0.25, -0.2) is 14.8 Å². The average molecular weight is 534 g/mol. The average Bonchev–Trinajstić information content (AvgIpc) is 3.29. The Kier molecular flexibility index (Phi) is 8.07. The molecule has 2 unspecified atom stereocenters. The fourth-order valence-corrected chi connectivity index (χ4v) is 5.74. The third-order valence-corrected chi connectivity index (χ3v) is 8.24. The first kappa shape index (κ1) is 27.0. The second-order valence-corrected chi connectivity index (χ2v) is 10.4. The van der Waals surface area contributed by atoms with Gasteiger partial charge in [0.15, 0.2) is 6.29 Å². The number of amides is 2. The number of rotatable bonds is 8. The van der Waals surface area contributed by atoms with E-state index in [1.165, 1.54) is 6.20 Å². The molecule has 4 atom stereocenters. The monoisotopic (exact) mass is 533 g/mol. The van der Waals surface area contributed by atoms with E-state index >= 15 is 0 Å². The van der Waals surface area contributed by atoms with Crippen molar-refractivity contribution in [2.24, 2.45) is 0 Å². The molecule has 2 N–H and O–H groups in total. The van der Waals surface area contributed by atoms with E-state index in [0.717, 1.165) is 56.1 Å². The van der Waals surface area contributed by atoms with Crippen LogP contribution in [-0.2, 0) is 22.4 Å². The van der Waals surface area contributed by atoms with E-state index in [1.807, 2.05) is 6.07 Å². The Morgan fingerprint density at radius 2 is 2.03 bits per heavy atom. The Morgan fingerprint density at radius 3 is 2.69 bits per heavy atom. The smallest absolute Gasteiger partial charge is 0.328 e. The van der Waals surface area contributed by atoms with Crippen LogP contribution in [0.1, 0.15) is 59.8 Å². The molecule has 2 amide bonds. The quantitative estimate of drug-likeness (QED) is 0.490. The number of likely N-dealkylation sites (tertiary alicyclic amines) is 1. The van der Waals surface area contributed by atoms with Crippen molar-refractivity contribution < 1.29 is 19.1 Å². The van der Waals surface area contributed by atoms with E-state index in [0.29, 0.717) is 41.7 Å². The molecule has 0 aromatic carbocycles. The van der Waals surface area contributed by atoms with Crippen molar-refractivity contribution in [1.82, 2.24) is 14.9 Å². The molecule has 3 aliphatic rings. The number of methoxy groups -OCH3 is 2. The topological polar surface area (TPSA) is 133 Å². The molecule has 0 bridgehead atoms. The lowest BCUT2D eigenvalue weighted by Crippen LogP contribution is -2.44. The molecule has 5 rings (SSSR count). The summed E-state index contributed by atoms with van der Waals surface area (Å²) >= 11 is 0. The molecule has 2 aromatic heterocycles. The first-order chi connectivity index (χ1) is 18.9. The zero-order chi connectivity index (χ0) is 27.5. The zero-order valence-corrected chi connectivity index (χ0v) is 22.6. The number of urea groups is 1. The number of aldehydes is 1. The van der Waals surface area contributed by atoms with Gasteiger partial charge in [0, 0.05) is 52.2 Å². The molecule has 0 radical (unpaired) electrons. The van der Waals surface area contributed by atoms with Crippen molar-refractivity contribution >= 4 is 29.6 Å². The third kappa shape index (κ3) is 5.45. The summed E-state index contributed by atoms with van der Waals surface area (Å²) in [6.45, 7) is 4.11. The van der Waals surface area contributed by atoms with E-state index in [4.69, 9.17) is 9.47 Å². The maximum Gasteiger partial charge on any atom is 0.328 e. The lowest BCUT2D eigenvalue weighted by atomic mass is 9.88. The van der Waals surface area contributed by atoms with Gasteiger partial charge in [-0.3, -0.25) is 19.9 Å². The molecule has 1 saturated heterocycles. The molecular formula is C28H35N7O4. The number of hydrogen-bond acceptors (Lipinski definition) is 9. The molecule has 1 saturated carbocycles. The van der Waals surface area contributed by atoms with Gasteiger partial charge in [-0.1, -0.05) is 0 Å². The minimum absolute atomic E-state index is 0.0886. The minimum Gasteiger partial charge on any atom is -0.380 e. The van der Waals surface area contributed by atoms with Crippen molar-refractivity contribution in [2.45, 2.75) is 69.9 Å². The minimum atomic E-state index is -0.384. The number of nitrogens with one attached hydrogen (secondary N) is 2. The van der Waals surface area contributed by atoms with E-state index in [1.54, 1.807) is 25.2 Å². The second kappa shape index (κ2) is 11.7. The Balaban J connectivity index is 1.33. The van der Waals surface area contributed by atoms with E-state index in [-0.39, 0.29) is 30.3 Å². The van der Waals surface area contributed by atoms with Gasteiger partial charge < -0.3 is 14.8 Å². The zero-order valence-electron chi connectivity index (χ0n) is 22.6. The highest BCUT2D eigenvalue weighted by atomic mass is 16.5. The lowest BCUT2D eigenvalue weighted by Gasteiger charge is -2.36. The van der Waals surface area contributed by atoms with Crippen LogP contribution in [0.3, 0.4) is 0 Å². The van der Waals surface area contributed by atoms with Crippen molar-refractivity contribution in [3.63, 3.8) is 0 Å². The Labute approximate surface area is 228 Å². The molecule has 11 heteroatoms. The molecule has 39 heavy (non-hydrogen) atoms. The lowest BCUT2D eigenvalue weighted by molar-refractivity contribution is 0.0286. The van der Waals surface area contributed by atoms with Crippen LogP contribution in [0.25, 0.3) is 0 Å². The van der Waals surface area contributed by atoms with E-state index < -0.39 is 0 Å². The summed E-state index contributed by atoms with van der Waals surface area (Å²) in [4.78, 5) is 38.2. The number of aromatic nitrogens is 2. The Hall–Kier alpha value is -3.59. The molecule has 2 fully saturated rings. The summed E-state index contributed by atoms with van der Waals surface area (Å²) in [5.41, 5.74) is 3.15. The number of anilines is 3. The molecule has 2 aromatic rings. The second-order valence-electron chi connectivity index (χ2n) is 10.4. The Morgan fingerprint density at radius 1 is 1.21 bits per heavy atom. The van der Waals surface area contributed by atoms with Crippen LogP contribution in [0.15, 0.2) is 18.3 Å². The number of hydrogen-bond donors (Lipinski definition) is 2. The van der Waals surface area contributed by atoms with Gasteiger partial charge in [0.2, 0.25) is 0 Å². The van der Waals surface area contributed by atoms with Gasteiger partial charge in [0.1, 0.15) is 23.4 Å². The standard InChI is InChI=1S/C28H35N7O4/c1-17-24(38-2)8-10-34(17)15-19-11-18-5-4-9-35(27(18)32-23(19)16-36)28(37)33-26-12-22(20(13-29)14-30-26)31-21-6-7-25(21)39-3/h11-12,14,16-17,21,24-25H,4-10,15H2,1-3H3,(H2,30,31,33,37)/t17?,21-,24?,25+/m0/s1. The molecule has 0 spiro atoms. The van der Waals surface area contributed by atoms with Crippen LogP contribution >= 0.6 is 0 Å². The molecule has 11 nitrogen and oxygen atoms in total. The van der Waals surface area contributed by atoms with Gasteiger partial charge >= 0.3 is 6.03 Å². The number of nitrogens with zero attached hydrogens (tertiary/aromatic N) is 5. The number of nitriles is 1. The molecule has 1 aliphatic carbocycles. The number of ether oxygens (including phenoxy) is 2. The third-order valence-electron chi connectivity index (χ3n) is 8.24. The number of pyridine rings is 2. The number of carbonyl (C=O) groups excluding carboxylic acids is 2. The largest absolute Gasteiger partial charge is 0.380 e. The van der Waals surface area contributed by atoms with E-state index in [9.17, 15) is 14.9 Å². The fraction of sp³-hybridized carbons (Fsp3) is 0.536. The predicted octanol–water partition coefficient (Wildman–Crippen LogP) is 3.34. The highest BCUT2D eigenvalue weighted by molar-refractivity contribution is 6.01. The number of carbonyl (C=O) groups is 2. The molecule has 206 valence electrons. The van der Waals surface area contributed by atoms with Crippen molar-refractivity contribution in [1.29, 1.82) is 5.26 Å². The van der Waals surface area contributed by atoms with Gasteiger partial charge in [-0.05, 0) is 56.2 Å². The maximum atomic E-state index is 13.4.